The molecule has 0 aliphatic heterocycles. The molecule has 0 aromatic heterocycles. The number of rotatable bonds is 9. The summed E-state index contributed by atoms with van der Waals surface area (Å²) in [5.41, 5.74) is 0.339. The van der Waals surface area contributed by atoms with Crippen molar-refractivity contribution in [2.75, 3.05) is 6.61 Å². The molecule has 174 valence electrons. The van der Waals surface area contributed by atoms with Gasteiger partial charge in [0.05, 0.1) is 12.0 Å². The summed E-state index contributed by atoms with van der Waals surface area (Å²) in [5.74, 6) is -0.367. The molecule has 2 aromatic carbocycles. The average molecular weight is 464 g/mol. The van der Waals surface area contributed by atoms with Crippen LogP contribution in [-0.4, -0.2) is 35.7 Å². The molecule has 0 spiro atoms. The fourth-order valence-electron chi connectivity index (χ4n) is 3.45. The minimum atomic E-state index is -0.955. The number of aliphatic hydroxyl groups excluding tert-OH is 1. The molecular formula is C25H31ClFNO4. The highest BCUT2D eigenvalue weighted by atomic mass is 35.5. The van der Waals surface area contributed by atoms with Crippen LogP contribution in [-0.2, 0) is 16.0 Å². The molecule has 2 rings (SSSR count). The van der Waals surface area contributed by atoms with Crippen LogP contribution >= 0.6 is 11.6 Å². The highest BCUT2D eigenvalue weighted by Gasteiger charge is 2.32. The third kappa shape index (κ3) is 7.31. The van der Waals surface area contributed by atoms with E-state index in [-0.39, 0.29) is 18.8 Å². The van der Waals surface area contributed by atoms with Crippen LogP contribution in [0.4, 0.5) is 9.18 Å². The normalized spacial score (nSPS) is 14.3. The molecule has 0 aliphatic carbocycles. The third-order valence-corrected chi connectivity index (χ3v) is 5.55. The predicted octanol–water partition coefficient (Wildman–Crippen LogP) is 5.56. The van der Waals surface area contributed by atoms with Crippen LogP contribution in [0.25, 0.3) is 11.1 Å². The highest BCUT2D eigenvalue weighted by molar-refractivity contribution is 6.30. The van der Waals surface area contributed by atoms with Gasteiger partial charge in [0, 0.05) is 16.6 Å². The van der Waals surface area contributed by atoms with Gasteiger partial charge in [0.25, 0.3) is 0 Å². The van der Waals surface area contributed by atoms with E-state index < -0.39 is 23.2 Å². The molecule has 2 aromatic rings. The first-order valence-electron chi connectivity index (χ1n) is 10.6. The zero-order chi connectivity index (χ0) is 23.9. The van der Waals surface area contributed by atoms with E-state index in [2.05, 4.69) is 5.32 Å². The number of carbonyl (C=O) groups is 2. The maximum Gasteiger partial charge on any atom is 0.407 e. The number of amides is 1. The lowest BCUT2D eigenvalue weighted by atomic mass is 9.80. The summed E-state index contributed by atoms with van der Waals surface area (Å²) in [5, 5.41) is 13.1. The number of aliphatic hydroxyl groups is 1. The van der Waals surface area contributed by atoms with E-state index in [9.17, 15) is 19.1 Å². The van der Waals surface area contributed by atoms with Crippen LogP contribution in [0.15, 0.2) is 42.5 Å². The molecule has 32 heavy (non-hydrogen) atoms. The molecule has 0 radical (unpaired) electrons. The lowest BCUT2D eigenvalue weighted by Gasteiger charge is -2.30. The van der Waals surface area contributed by atoms with E-state index in [1.165, 1.54) is 12.1 Å². The Morgan fingerprint density at radius 1 is 1.22 bits per heavy atom. The largest absolute Gasteiger partial charge is 0.444 e. The van der Waals surface area contributed by atoms with Gasteiger partial charge in [-0.05, 0) is 69.4 Å². The van der Waals surface area contributed by atoms with Crippen molar-refractivity contribution in [3.8, 4) is 11.1 Å². The lowest BCUT2D eigenvalue weighted by molar-refractivity contribution is -0.119. The number of hydrogen-bond donors (Lipinski definition) is 2. The van der Waals surface area contributed by atoms with E-state index in [0.717, 1.165) is 11.8 Å². The van der Waals surface area contributed by atoms with Crippen molar-refractivity contribution in [1.82, 2.24) is 5.32 Å². The van der Waals surface area contributed by atoms with E-state index >= 15 is 0 Å². The summed E-state index contributed by atoms with van der Waals surface area (Å²) in [7, 11) is 0. The number of benzene rings is 2. The van der Waals surface area contributed by atoms with Crippen molar-refractivity contribution >= 4 is 24.0 Å². The Kier molecular flexibility index (Phi) is 8.81. The van der Waals surface area contributed by atoms with Crippen LogP contribution in [0.3, 0.4) is 0 Å². The van der Waals surface area contributed by atoms with Crippen LogP contribution in [0, 0.1) is 11.2 Å². The molecule has 1 amide bonds. The van der Waals surface area contributed by atoms with Gasteiger partial charge in [-0.1, -0.05) is 42.8 Å². The van der Waals surface area contributed by atoms with Crippen molar-refractivity contribution in [2.24, 2.45) is 5.41 Å². The van der Waals surface area contributed by atoms with Crippen molar-refractivity contribution in [2.45, 2.75) is 58.6 Å². The van der Waals surface area contributed by atoms with Crippen LogP contribution in [0.5, 0.6) is 0 Å². The molecule has 0 aliphatic rings. The van der Waals surface area contributed by atoms with E-state index in [1.54, 1.807) is 39.0 Å². The van der Waals surface area contributed by atoms with E-state index in [0.29, 0.717) is 29.0 Å². The van der Waals surface area contributed by atoms with Gasteiger partial charge in [-0.2, -0.15) is 0 Å². The third-order valence-electron chi connectivity index (χ3n) is 5.32. The van der Waals surface area contributed by atoms with E-state index in [1.807, 2.05) is 19.1 Å². The summed E-state index contributed by atoms with van der Waals surface area (Å²) in [6, 6.07) is 11.2. The van der Waals surface area contributed by atoms with Gasteiger partial charge < -0.3 is 20.0 Å². The molecule has 2 N–H and O–H groups in total. The molecule has 2 atom stereocenters. The van der Waals surface area contributed by atoms with Crippen LogP contribution in [0.2, 0.25) is 5.02 Å². The van der Waals surface area contributed by atoms with Gasteiger partial charge in [-0.25, -0.2) is 9.18 Å². The van der Waals surface area contributed by atoms with Crippen LogP contribution < -0.4 is 5.32 Å². The zero-order valence-corrected chi connectivity index (χ0v) is 19.7. The molecule has 7 heteroatoms. The summed E-state index contributed by atoms with van der Waals surface area (Å²) in [6.45, 7) is 6.82. The zero-order valence-electron chi connectivity index (χ0n) is 19.0. The first kappa shape index (κ1) is 25.8. The number of ether oxygens (including phenoxy) is 1. The fourth-order valence-corrected chi connectivity index (χ4v) is 3.62. The number of halogens is 2. The second-order valence-corrected chi connectivity index (χ2v) is 9.50. The molecule has 5 nitrogen and oxygen atoms in total. The summed E-state index contributed by atoms with van der Waals surface area (Å²) in [4.78, 5) is 24.1. The maximum absolute atomic E-state index is 14.2. The van der Waals surface area contributed by atoms with Gasteiger partial charge in [-0.15, -0.1) is 0 Å². The van der Waals surface area contributed by atoms with Gasteiger partial charge >= 0.3 is 6.09 Å². The van der Waals surface area contributed by atoms with Crippen molar-refractivity contribution < 1.29 is 23.8 Å². The fraction of sp³-hybridized carbons (Fsp3) is 0.440. The Labute approximate surface area is 193 Å². The molecule has 0 bridgehead atoms. The van der Waals surface area contributed by atoms with Gasteiger partial charge in [0.2, 0.25) is 0 Å². The minimum absolute atomic E-state index is 0.257. The van der Waals surface area contributed by atoms with E-state index in [4.69, 9.17) is 16.3 Å². The Morgan fingerprint density at radius 3 is 2.41 bits per heavy atom. The molecule has 0 fully saturated rings. The van der Waals surface area contributed by atoms with Gasteiger partial charge in [0.1, 0.15) is 17.7 Å². The first-order valence-corrected chi connectivity index (χ1v) is 11.0. The average Bonchev–Trinajstić information content (AvgIpc) is 2.73. The second kappa shape index (κ2) is 10.9. The first-order chi connectivity index (χ1) is 15.0. The quantitative estimate of drug-likeness (QED) is 0.477. The SMILES string of the molecule is CCC(C=O)(CO)CC(Cc1ccc(-c2cc(Cl)ccc2F)cc1)NC(=O)OC(C)(C)C. The Hall–Kier alpha value is -2.44. The number of carbonyl (C=O) groups excluding carboxylic acids is 2. The summed E-state index contributed by atoms with van der Waals surface area (Å²) in [6.07, 6.45) is 1.27. The molecule has 0 heterocycles. The molecule has 0 saturated carbocycles. The number of nitrogens with one attached hydrogen (secondary N) is 1. The molecular weight excluding hydrogens is 433 g/mol. The van der Waals surface area contributed by atoms with Crippen molar-refractivity contribution in [3.05, 3.63) is 58.9 Å². The lowest BCUT2D eigenvalue weighted by Crippen LogP contribution is -2.44. The number of aldehydes is 1. The molecule has 0 saturated heterocycles. The maximum atomic E-state index is 14.2. The second-order valence-electron chi connectivity index (χ2n) is 9.06. The Bertz CT molecular complexity index is 921. The Morgan fingerprint density at radius 2 is 1.88 bits per heavy atom. The number of hydrogen-bond acceptors (Lipinski definition) is 4. The van der Waals surface area contributed by atoms with Gasteiger partial charge in [0.15, 0.2) is 0 Å². The number of alkyl carbamates (subject to hydrolysis) is 1. The monoisotopic (exact) mass is 463 g/mol. The van der Waals surface area contributed by atoms with Crippen molar-refractivity contribution in [3.63, 3.8) is 0 Å². The topological polar surface area (TPSA) is 75.6 Å². The molecule has 2 unspecified atom stereocenters. The van der Waals surface area contributed by atoms with Gasteiger partial charge in [-0.3, -0.25) is 0 Å². The smallest absolute Gasteiger partial charge is 0.407 e. The standard InChI is InChI=1S/C25H31ClFNO4/c1-5-25(15-29,16-30)14-20(28-23(31)32-24(2,3)4)12-17-6-8-18(9-7-17)21-13-19(26)10-11-22(21)27/h6-11,13,15,20,30H,5,12,14,16H2,1-4H3,(H,28,31). The predicted molar refractivity (Wildman–Crippen MR) is 124 cm³/mol. The Balaban J connectivity index is 2.24. The minimum Gasteiger partial charge on any atom is -0.444 e. The summed E-state index contributed by atoms with van der Waals surface area (Å²) >= 11 is 6.00. The highest BCUT2D eigenvalue weighted by Crippen LogP contribution is 2.29. The van der Waals surface area contributed by atoms with Crippen molar-refractivity contribution in [1.29, 1.82) is 0 Å². The van der Waals surface area contributed by atoms with Crippen LogP contribution in [0.1, 0.15) is 46.1 Å². The summed E-state index contributed by atoms with van der Waals surface area (Å²) < 4.78 is 19.5.